The summed E-state index contributed by atoms with van der Waals surface area (Å²) < 4.78 is 28.8. The average molecular weight is 331 g/mol. The summed E-state index contributed by atoms with van der Waals surface area (Å²) in [4.78, 5) is 0.406. The van der Waals surface area contributed by atoms with Crippen LogP contribution in [-0.2, 0) is 16.4 Å². The van der Waals surface area contributed by atoms with Gasteiger partial charge in [0.15, 0.2) is 0 Å². The molecule has 4 heteroatoms. The lowest BCUT2D eigenvalue weighted by molar-refractivity contribution is 0.599. The van der Waals surface area contributed by atoms with Gasteiger partial charge in [-0.15, -0.1) is 0 Å². The molecule has 0 radical (unpaired) electrons. The van der Waals surface area contributed by atoms with Crippen LogP contribution in [0.5, 0.6) is 0 Å². The molecule has 2 aromatic carbocycles. The molecule has 124 valence electrons. The maximum atomic E-state index is 13.0. The number of aryl methyl sites for hydroxylation is 1. The van der Waals surface area contributed by atoms with Crippen LogP contribution in [-0.4, -0.2) is 8.42 Å². The van der Waals surface area contributed by atoms with E-state index in [9.17, 15) is 8.42 Å². The number of rotatable bonds is 4. The second-order valence-electron chi connectivity index (χ2n) is 6.07. The van der Waals surface area contributed by atoms with Gasteiger partial charge in [-0.3, -0.25) is 4.72 Å². The summed E-state index contributed by atoms with van der Waals surface area (Å²) in [5, 5.41) is 0. The van der Waals surface area contributed by atoms with Crippen LogP contribution < -0.4 is 4.72 Å². The van der Waals surface area contributed by atoms with Crippen molar-refractivity contribution in [3.63, 3.8) is 0 Å². The predicted octanol–water partition coefficient (Wildman–Crippen LogP) is 4.59. The highest BCUT2D eigenvalue weighted by Crippen LogP contribution is 2.31. The third kappa shape index (κ3) is 3.13. The minimum absolute atomic E-state index is 0.406. The molecule has 2 aromatic rings. The topological polar surface area (TPSA) is 46.2 Å². The Balaban J connectivity index is 2.62. The lowest BCUT2D eigenvalue weighted by Gasteiger charge is -2.20. The Hall–Kier alpha value is -1.81. The lowest BCUT2D eigenvalue weighted by Crippen LogP contribution is -2.18. The van der Waals surface area contributed by atoms with Crippen molar-refractivity contribution in [2.45, 2.75) is 52.9 Å². The summed E-state index contributed by atoms with van der Waals surface area (Å²) in [6.45, 7) is 11.8. The first kappa shape index (κ1) is 17.5. The number of anilines is 1. The van der Waals surface area contributed by atoms with Crippen molar-refractivity contribution in [1.82, 2.24) is 0 Å². The Labute approximate surface area is 139 Å². The van der Waals surface area contributed by atoms with E-state index in [0.717, 1.165) is 39.8 Å². The molecular weight excluding hydrogens is 306 g/mol. The van der Waals surface area contributed by atoms with Crippen LogP contribution in [0.3, 0.4) is 0 Å². The smallest absolute Gasteiger partial charge is 0.262 e. The molecule has 0 unspecified atom stereocenters. The molecule has 0 aliphatic rings. The Morgan fingerprint density at radius 1 is 0.826 bits per heavy atom. The Morgan fingerprint density at radius 3 is 1.83 bits per heavy atom. The highest BCUT2D eigenvalue weighted by Gasteiger charge is 2.24. The minimum Gasteiger partial charge on any atom is -0.279 e. The molecule has 0 amide bonds. The molecule has 23 heavy (non-hydrogen) atoms. The molecule has 2 rings (SSSR count). The third-order valence-corrected chi connectivity index (χ3v) is 6.48. The molecule has 0 atom stereocenters. The normalized spacial score (nSPS) is 11.6. The molecule has 0 heterocycles. The van der Waals surface area contributed by atoms with Gasteiger partial charge in [-0.2, -0.15) is 0 Å². The Morgan fingerprint density at radius 2 is 1.30 bits per heavy atom. The van der Waals surface area contributed by atoms with E-state index in [1.165, 1.54) is 0 Å². The first-order chi connectivity index (χ1) is 10.7. The molecule has 0 bridgehead atoms. The van der Waals surface area contributed by atoms with Crippen molar-refractivity contribution < 1.29 is 8.42 Å². The molecule has 0 saturated carbocycles. The lowest BCUT2D eigenvalue weighted by atomic mass is 9.95. The zero-order valence-corrected chi connectivity index (χ0v) is 15.6. The van der Waals surface area contributed by atoms with E-state index in [4.69, 9.17) is 0 Å². The SMILES string of the molecule is CCc1ccccc1NS(=O)(=O)c1c(C)c(C)c(C)c(C)c1C. The number of hydrogen-bond acceptors (Lipinski definition) is 2. The molecule has 0 fully saturated rings. The number of para-hydroxylation sites is 1. The van der Waals surface area contributed by atoms with Crippen LogP contribution in [0.25, 0.3) is 0 Å². The van der Waals surface area contributed by atoms with Gasteiger partial charge in [-0.1, -0.05) is 25.1 Å². The van der Waals surface area contributed by atoms with Gasteiger partial charge >= 0.3 is 0 Å². The van der Waals surface area contributed by atoms with Gasteiger partial charge in [0, 0.05) is 0 Å². The maximum Gasteiger partial charge on any atom is 0.262 e. The zero-order chi connectivity index (χ0) is 17.4. The van der Waals surface area contributed by atoms with Crippen LogP contribution >= 0.6 is 0 Å². The highest BCUT2D eigenvalue weighted by molar-refractivity contribution is 7.92. The van der Waals surface area contributed by atoms with E-state index in [0.29, 0.717) is 10.6 Å². The van der Waals surface area contributed by atoms with Crippen LogP contribution in [0.1, 0.15) is 40.3 Å². The van der Waals surface area contributed by atoms with E-state index in [2.05, 4.69) is 4.72 Å². The van der Waals surface area contributed by atoms with Gasteiger partial charge in [0.25, 0.3) is 10.0 Å². The first-order valence-corrected chi connectivity index (χ1v) is 9.36. The molecule has 1 N–H and O–H groups in total. The van der Waals surface area contributed by atoms with Crippen LogP contribution in [0, 0.1) is 34.6 Å². The first-order valence-electron chi connectivity index (χ1n) is 7.88. The van der Waals surface area contributed by atoms with Gasteiger partial charge in [-0.25, -0.2) is 8.42 Å². The molecule has 3 nitrogen and oxygen atoms in total. The molecule has 0 saturated heterocycles. The number of nitrogens with one attached hydrogen (secondary N) is 1. The van der Waals surface area contributed by atoms with Gasteiger partial charge in [0.1, 0.15) is 0 Å². The quantitative estimate of drug-likeness (QED) is 0.890. The predicted molar refractivity (Wildman–Crippen MR) is 96.8 cm³/mol. The van der Waals surface area contributed by atoms with Crippen LogP contribution in [0.4, 0.5) is 5.69 Å². The second-order valence-corrected chi connectivity index (χ2v) is 7.69. The summed E-state index contributed by atoms with van der Waals surface area (Å²) in [5.41, 5.74) is 6.54. The summed E-state index contributed by atoms with van der Waals surface area (Å²) in [6, 6.07) is 7.54. The fourth-order valence-corrected chi connectivity index (χ4v) is 4.70. The fourth-order valence-electron chi connectivity index (χ4n) is 2.99. The average Bonchev–Trinajstić information content (AvgIpc) is 2.51. The van der Waals surface area contributed by atoms with Gasteiger partial charge in [-0.05, 0) is 80.5 Å². The maximum absolute atomic E-state index is 13.0. The number of benzene rings is 2. The molecule has 0 aromatic heterocycles. The highest BCUT2D eigenvalue weighted by atomic mass is 32.2. The molecular formula is C19H25NO2S. The van der Waals surface area contributed by atoms with E-state index in [1.54, 1.807) is 0 Å². The zero-order valence-electron chi connectivity index (χ0n) is 14.7. The molecule has 0 aliphatic carbocycles. The van der Waals surface area contributed by atoms with E-state index in [1.807, 2.05) is 65.8 Å². The summed E-state index contributed by atoms with van der Waals surface area (Å²) in [5.74, 6) is 0. The van der Waals surface area contributed by atoms with E-state index >= 15 is 0 Å². The Bertz CT molecular complexity index is 823. The van der Waals surface area contributed by atoms with Crippen molar-refractivity contribution >= 4 is 15.7 Å². The van der Waals surface area contributed by atoms with Crippen LogP contribution in [0.2, 0.25) is 0 Å². The molecule has 0 aliphatic heterocycles. The number of sulfonamides is 1. The van der Waals surface area contributed by atoms with E-state index < -0.39 is 10.0 Å². The third-order valence-electron chi connectivity index (χ3n) is 4.84. The Kier molecular flexibility index (Phi) is 4.85. The molecule has 0 spiro atoms. The van der Waals surface area contributed by atoms with Crippen LogP contribution in [0.15, 0.2) is 29.2 Å². The summed E-state index contributed by atoms with van der Waals surface area (Å²) >= 11 is 0. The van der Waals surface area contributed by atoms with Gasteiger partial charge < -0.3 is 0 Å². The van der Waals surface area contributed by atoms with Crippen molar-refractivity contribution in [1.29, 1.82) is 0 Å². The number of hydrogen-bond donors (Lipinski definition) is 1. The minimum atomic E-state index is -3.62. The van der Waals surface area contributed by atoms with E-state index in [-0.39, 0.29) is 0 Å². The largest absolute Gasteiger partial charge is 0.279 e. The summed E-state index contributed by atoms with van der Waals surface area (Å²) in [6.07, 6.45) is 0.780. The van der Waals surface area contributed by atoms with Gasteiger partial charge in [0.05, 0.1) is 10.6 Å². The standard InChI is InChI=1S/C19H25NO2S/c1-7-17-10-8-9-11-18(17)20-23(21,22)19-15(5)13(3)12(2)14(4)16(19)6/h8-11,20H,7H2,1-6H3. The monoisotopic (exact) mass is 331 g/mol. The van der Waals surface area contributed by atoms with Crippen molar-refractivity contribution in [2.24, 2.45) is 0 Å². The second kappa shape index (κ2) is 6.36. The van der Waals surface area contributed by atoms with Gasteiger partial charge in [0.2, 0.25) is 0 Å². The van der Waals surface area contributed by atoms with Crippen molar-refractivity contribution in [2.75, 3.05) is 4.72 Å². The fraction of sp³-hybridized carbons (Fsp3) is 0.368. The summed E-state index contributed by atoms with van der Waals surface area (Å²) in [7, 11) is -3.62. The van der Waals surface area contributed by atoms with Crippen molar-refractivity contribution in [3.05, 3.63) is 57.6 Å². The van der Waals surface area contributed by atoms with Crippen molar-refractivity contribution in [3.8, 4) is 0 Å².